The van der Waals surface area contributed by atoms with Gasteiger partial charge in [0.05, 0.1) is 15.5 Å². The van der Waals surface area contributed by atoms with E-state index in [-0.39, 0.29) is 21.6 Å². The van der Waals surface area contributed by atoms with Crippen LogP contribution in [0.25, 0.3) is 17.4 Å². The first kappa shape index (κ1) is 17.3. The van der Waals surface area contributed by atoms with Crippen molar-refractivity contribution in [2.24, 2.45) is 0 Å². The van der Waals surface area contributed by atoms with E-state index in [0.29, 0.717) is 28.7 Å². The summed E-state index contributed by atoms with van der Waals surface area (Å²) >= 11 is 6.97. The molecule has 1 aromatic heterocycles. The van der Waals surface area contributed by atoms with Gasteiger partial charge in [-0.25, -0.2) is 4.79 Å². The molecule has 0 aliphatic carbocycles. The van der Waals surface area contributed by atoms with Gasteiger partial charge in [-0.1, -0.05) is 11.6 Å². The first-order valence-electron chi connectivity index (χ1n) is 7.29. The van der Waals surface area contributed by atoms with Crippen LogP contribution in [0.2, 0.25) is 5.02 Å². The van der Waals surface area contributed by atoms with Gasteiger partial charge in [-0.3, -0.25) is 14.5 Å². The summed E-state index contributed by atoms with van der Waals surface area (Å²) in [6.45, 7) is 2.03. The van der Waals surface area contributed by atoms with Crippen LogP contribution in [-0.2, 0) is 4.79 Å². The lowest BCUT2D eigenvalue weighted by molar-refractivity contribution is -0.122. The van der Waals surface area contributed by atoms with Gasteiger partial charge in [-0.2, -0.15) is 0 Å². The van der Waals surface area contributed by atoms with Gasteiger partial charge in [0, 0.05) is 18.2 Å². The number of hydrogen-bond donors (Lipinski definition) is 1. The fourth-order valence-corrected chi connectivity index (χ4v) is 3.42. The number of nitrogens with zero attached hydrogens (tertiary/aromatic N) is 1. The molecule has 0 atom stereocenters. The third kappa shape index (κ3) is 3.33. The van der Waals surface area contributed by atoms with Crippen LogP contribution >= 0.6 is 23.4 Å². The number of halogens is 1. The summed E-state index contributed by atoms with van der Waals surface area (Å²) in [7, 11) is 0. The van der Waals surface area contributed by atoms with E-state index in [4.69, 9.17) is 21.1 Å². The molecule has 1 fully saturated rings. The van der Waals surface area contributed by atoms with E-state index in [9.17, 15) is 14.4 Å². The maximum absolute atomic E-state index is 12.1. The Morgan fingerprint density at radius 1 is 1.32 bits per heavy atom. The lowest BCUT2D eigenvalue weighted by Gasteiger charge is -2.06. The van der Waals surface area contributed by atoms with E-state index >= 15 is 0 Å². The molecule has 2 heterocycles. The molecule has 1 aliphatic rings. The molecule has 0 spiro atoms. The Labute approximate surface area is 152 Å². The van der Waals surface area contributed by atoms with Crippen LogP contribution in [0.3, 0.4) is 0 Å². The average molecular weight is 378 g/mol. The number of carboxylic acids is 1. The Hall–Kier alpha value is -2.51. The van der Waals surface area contributed by atoms with Crippen molar-refractivity contribution in [2.45, 2.75) is 6.92 Å². The molecule has 0 radical (unpaired) electrons. The molecule has 1 aliphatic heterocycles. The summed E-state index contributed by atoms with van der Waals surface area (Å²) in [6.07, 6.45) is 1.49. The molecular weight excluding hydrogens is 366 g/mol. The van der Waals surface area contributed by atoms with Crippen molar-refractivity contribution >= 4 is 46.6 Å². The van der Waals surface area contributed by atoms with Crippen molar-refractivity contribution in [3.8, 4) is 11.3 Å². The van der Waals surface area contributed by atoms with Crippen LogP contribution in [0, 0.1) is 0 Å². The molecule has 2 aromatic rings. The number of benzene rings is 1. The highest BCUT2D eigenvalue weighted by molar-refractivity contribution is 8.18. The second-order valence-corrected chi connectivity index (χ2v) is 6.53. The molecule has 1 saturated heterocycles. The smallest absolute Gasteiger partial charge is 0.335 e. The number of thioether (sulfide) groups is 1. The van der Waals surface area contributed by atoms with Crippen LogP contribution in [-0.4, -0.2) is 33.7 Å². The number of rotatable bonds is 4. The van der Waals surface area contributed by atoms with E-state index in [0.717, 1.165) is 16.7 Å². The van der Waals surface area contributed by atoms with Crippen LogP contribution in [0.5, 0.6) is 0 Å². The number of hydrogen-bond acceptors (Lipinski definition) is 5. The van der Waals surface area contributed by atoms with Gasteiger partial charge in [0.2, 0.25) is 0 Å². The maximum Gasteiger partial charge on any atom is 0.335 e. The number of carboxylic acid groups (broad SMARTS) is 1. The Morgan fingerprint density at radius 2 is 2.08 bits per heavy atom. The van der Waals surface area contributed by atoms with Crippen molar-refractivity contribution in [1.82, 2.24) is 4.90 Å². The highest BCUT2D eigenvalue weighted by atomic mass is 35.5. The maximum atomic E-state index is 12.1. The zero-order valence-electron chi connectivity index (χ0n) is 13.0. The molecule has 3 rings (SSSR count). The number of amides is 2. The van der Waals surface area contributed by atoms with Crippen LogP contribution < -0.4 is 0 Å². The molecular formula is C17H12ClNO5S. The second-order valence-electron chi connectivity index (χ2n) is 5.13. The number of carbonyl (C=O) groups is 3. The number of likely N-dealkylation sites (N-methyl/N-ethyl adjacent to an activating group) is 1. The van der Waals surface area contributed by atoms with E-state index in [1.54, 1.807) is 19.1 Å². The van der Waals surface area contributed by atoms with Gasteiger partial charge < -0.3 is 9.52 Å². The Balaban J connectivity index is 1.93. The molecule has 0 saturated carbocycles. The molecule has 128 valence electrons. The Bertz CT molecular complexity index is 918. The summed E-state index contributed by atoms with van der Waals surface area (Å²) in [5, 5.41) is 9.11. The zero-order chi connectivity index (χ0) is 18.1. The minimum atomic E-state index is -1.07. The third-order valence-corrected chi connectivity index (χ3v) is 4.81. The Kier molecular flexibility index (Phi) is 4.69. The lowest BCUT2D eigenvalue weighted by atomic mass is 10.1. The van der Waals surface area contributed by atoms with Gasteiger partial charge >= 0.3 is 5.97 Å². The highest BCUT2D eigenvalue weighted by Crippen LogP contribution is 2.34. The minimum Gasteiger partial charge on any atom is -0.478 e. The predicted molar refractivity (Wildman–Crippen MR) is 94.5 cm³/mol. The van der Waals surface area contributed by atoms with E-state index in [1.807, 2.05) is 0 Å². The van der Waals surface area contributed by atoms with Crippen molar-refractivity contribution in [3.05, 3.63) is 51.6 Å². The summed E-state index contributed by atoms with van der Waals surface area (Å²) in [5.41, 5.74) is 0.518. The zero-order valence-corrected chi connectivity index (χ0v) is 14.6. The first-order valence-corrected chi connectivity index (χ1v) is 8.48. The van der Waals surface area contributed by atoms with Gasteiger partial charge in [0.1, 0.15) is 11.5 Å². The lowest BCUT2D eigenvalue weighted by Crippen LogP contribution is -2.27. The Morgan fingerprint density at radius 3 is 2.72 bits per heavy atom. The predicted octanol–water partition coefficient (Wildman–Crippen LogP) is 4.35. The van der Waals surface area contributed by atoms with Gasteiger partial charge in [-0.05, 0) is 49.0 Å². The monoisotopic (exact) mass is 377 g/mol. The molecule has 1 aromatic carbocycles. The van der Waals surface area contributed by atoms with Gasteiger partial charge in [0.25, 0.3) is 11.1 Å². The first-order chi connectivity index (χ1) is 11.9. The number of furan rings is 1. The standard InChI is InChI=1S/C17H12ClNO5S/c1-2-19-15(20)14(25-17(19)23)8-10-4-6-13(24-10)11-7-9(16(21)22)3-5-12(11)18/h3-8H,2H2,1H3,(H,21,22)/b14-8+. The van der Waals surface area contributed by atoms with Crippen molar-refractivity contribution in [3.63, 3.8) is 0 Å². The molecule has 1 N–H and O–H groups in total. The van der Waals surface area contributed by atoms with Gasteiger partial charge in [0.15, 0.2) is 0 Å². The quantitative estimate of drug-likeness (QED) is 0.797. The summed E-state index contributed by atoms with van der Waals surface area (Å²) < 4.78 is 5.65. The SMILES string of the molecule is CCN1C(=O)S/C(=C/c2ccc(-c3cc(C(=O)O)ccc3Cl)o2)C1=O. The normalized spacial score (nSPS) is 16.1. The van der Waals surface area contributed by atoms with Crippen molar-refractivity contribution in [1.29, 1.82) is 0 Å². The average Bonchev–Trinajstić information content (AvgIpc) is 3.13. The van der Waals surface area contributed by atoms with Crippen molar-refractivity contribution in [2.75, 3.05) is 6.54 Å². The molecule has 0 unspecified atom stereocenters. The summed E-state index contributed by atoms with van der Waals surface area (Å²) in [6, 6.07) is 7.55. The highest BCUT2D eigenvalue weighted by Gasteiger charge is 2.33. The van der Waals surface area contributed by atoms with Crippen molar-refractivity contribution < 1.29 is 23.9 Å². The second kappa shape index (κ2) is 6.78. The molecule has 0 bridgehead atoms. The fourth-order valence-electron chi connectivity index (χ4n) is 2.32. The summed E-state index contributed by atoms with van der Waals surface area (Å²) in [5.74, 6) is -0.693. The number of carbonyl (C=O) groups excluding carboxylic acids is 2. The van der Waals surface area contributed by atoms with Crippen LogP contribution in [0.4, 0.5) is 4.79 Å². The fraction of sp³-hybridized carbons (Fsp3) is 0.118. The molecule has 2 amide bonds. The van der Waals surface area contributed by atoms with Crippen LogP contribution in [0.15, 0.2) is 39.7 Å². The topological polar surface area (TPSA) is 87.8 Å². The third-order valence-electron chi connectivity index (χ3n) is 3.57. The largest absolute Gasteiger partial charge is 0.478 e. The van der Waals surface area contributed by atoms with Crippen LogP contribution in [0.1, 0.15) is 23.0 Å². The van der Waals surface area contributed by atoms with E-state index in [1.165, 1.54) is 24.3 Å². The number of imide groups is 1. The summed E-state index contributed by atoms with van der Waals surface area (Å²) in [4.78, 5) is 36.3. The van der Waals surface area contributed by atoms with Gasteiger partial charge in [-0.15, -0.1) is 0 Å². The minimum absolute atomic E-state index is 0.0846. The molecule has 8 heteroatoms. The number of aromatic carboxylic acids is 1. The molecule has 25 heavy (non-hydrogen) atoms. The van der Waals surface area contributed by atoms with E-state index in [2.05, 4.69) is 0 Å². The molecule has 6 nitrogen and oxygen atoms in total. The van der Waals surface area contributed by atoms with E-state index < -0.39 is 5.97 Å².